The number of likely N-dealkylation sites (N-methyl/N-ethyl adjacent to an activating group) is 1. The summed E-state index contributed by atoms with van der Waals surface area (Å²) < 4.78 is 56.0. The summed E-state index contributed by atoms with van der Waals surface area (Å²) >= 11 is 0. The number of nitrogens with zero attached hydrogens (tertiary/aromatic N) is 1. The largest absolute Gasteiger partial charge is 0.459 e. The number of rotatable bonds is 12. The average Bonchev–Trinajstić information content (AvgIpc) is 2.65. The van der Waals surface area contributed by atoms with E-state index in [9.17, 15) is 45.0 Å². The zero-order valence-electron chi connectivity index (χ0n) is 49.9. The number of ether oxygens (including phenoxy) is 6. The van der Waals surface area contributed by atoms with Crippen molar-refractivity contribution in [1.29, 1.82) is 0 Å². The van der Waals surface area contributed by atoms with Crippen molar-refractivity contribution in [1.82, 2.24) is 15.5 Å². The Hall–Kier alpha value is -2.50. The van der Waals surface area contributed by atoms with Gasteiger partial charge in [0.2, 0.25) is 5.91 Å². The minimum Gasteiger partial charge on any atom is -0.459 e. The smallest absolute Gasteiger partial charge is 0.311 e. The van der Waals surface area contributed by atoms with E-state index in [0.29, 0.717) is 50.8 Å². The fourth-order valence-electron chi connectivity index (χ4n) is 16.4. The number of carbonyl (C=O) groups is 3. The van der Waals surface area contributed by atoms with Crippen molar-refractivity contribution in [3.63, 3.8) is 0 Å². The molecule has 26 atom stereocenters. The van der Waals surface area contributed by atoms with Gasteiger partial charge in [-0.1, -0.05) is 46.3 Å². The maximum Gasteiger partial charge on any atom is 0.311 e. The summed E-state index contributed by atoms with van der Waals surface area (Å²) in [6.45, 7) is 24.1. The highest BCUT2D eigenvalue weighted by atomic mass is 19.1. The van der Waals surface area contributed by atoms with Crippen molar-refractivity contribution in [3.05, 3.63) is 23.8 Å². The topological polar surface area (TPSA) is 255 Å². The van der Waals surface area contributed by atoms with Crippen LogP contribution in [0.5, 0.6) is 0 Å². The summed E-state index contributed by atoms with van der Waals surface area (Å²) in [4.78, 5) is 43.6. The number of cyclic esters (lactones) is 1. The van der Waals surface area contributed by atoms with Crippen LogP contribution in [0.15, 0.2) is 23.8 Å². The molecule has 3 saturated heterocycles. The van der Waals surface area contributed by atoms with Gasteiger partial charge in [0, 0.05) is 68.4 Å². The number of nitrogens with one attached hydrogen (secondary N) is 2. The maximum absolute atomic E-state index is 17.9. The molecule has 3 aliphatic heterocycles. The van der Waals surface area contributed by atoms with E-state index in [-0.39, 0.29) is 67.8 Å². The molecule has 1 amide bonds. The number of halogens is 1. The molecule has 0 aromatic carbocycles. The Morgan fingerprint density at radius 3 is 2.24 bits per heavy atom. The number of hydrogen-bond donors (Lipinski definition) is 8. The highest BCUT2D eigenvalue weighted by molar-refractivity contribution is 6.01. The van der Waals surface area contributed by atoms with E-state index in [1.165, 1.54) is 26.2 Å². The highest BCUT2D eigenvalue weighted by Crippen LogP contribution is 2.69. The lowest BCUT2D eigenvalue weighted by atomic mass is 9.45. The van der Waals surface area contributed by atoms with E-state index in [1.807, 2.05) is 32.6 Å². The number of allylic oxidation sites excluding steroid dienone is 4. The molecule has 3 saturated carbocycles. The fraction of sp³-hybridized carbons (Fsp3) is 0.883. The van der Waals surface area contributed by atoms with Crippen molar-refractivity contribution in [2.45, 2.75) is 250 Å². The van der Waals surface area contributed by atoms with Crippen LogP contribution in [0.3, 0.4) is 0 Å². The number of carbonyl (C=O) groups excluding carboxylic acids is 3. The first kappa shape index (κ1) is 64.1. The monoisotopic (exact) mass is 1120 g/mol. The molecule has 0 aromatic rings. The molecule has 4 aliphatic carbocycles. The van der Waals surface area contributed by atoms with Crippen LogP contribution in [0.2, 0.25) is 0 Å². The van der Waals surface area contributed by atoms with E-state index in [1.54, 1.807) is 68.5 Å². The Balaban J connectivity index is 1.14. The summed E-state index contributed by atoms with van der Waals surface area (Å²) in [6, 6.07) is -1.15. The Morgan fingerprint density at radius 1 is 0.911 bits per heavy atom. The van der Waals surface area contributed by atoms with E-state index in [2.05, 4.69) is 10.6 Å². The van der Waals surface area contributed by atoms with E-state index in [4.69, 9.17) is 28.4 Å². The first-order chi connectivity index (χ1) is 36.8. The Kier molecular flexibility index (Phi) is 19.7. The number of aliphatic hydroxyl groups excluding tert-OH is 4. The molecule has 19 heteroatoms. The van der Waals surface area contributed by atoms with Gasteiger partial charge in [-0.2, -0.15) is 0 Å². The lowest BCUT2D eigenvalue weighted by Gasteiger charge is -2.61. The number of aliphatic hydroxyl groups is 6. The second-order valence-electron chi connectivity index (χ2n) is 26.8. The molecule has 0 bridgehead atoms. The third-order valence-corrected chi connectivity index (χ3v) is 21.0. The second-order valence-corrected chi connectivity index (χ2v) is 26.8. The molecule has 79 heavy (non-hydrogen) atoms. The SMILES string of the molecule is CC[C@H]1OC(=O)[C@H](C)[C@@H](OC2C[C@@](C)(OC)[C@@H](O)[C@H](C)O2)[C@@H](C)[C@@H](OC2O[C@H](C)C[C@H](NC)[C@H]2O)[C@](C)(O)C[C@@H](C)CN(CCCNC(=O)[C@H]2[C@H](C)CC3C4CCC5=CC(=O)C=C[C@]5(C)[C@@]4(F)[C@@H](O)C[C@@]32C)[C@H](C)[C@@H](O)[C@]1(C)O. The standard InChI is InChI=1S/C60H100FN3O15/c1-16-44-59(13,73)49(68)36(7)64(23-17-22-63-52(70)46-32(3)24-41-40-19-18-38-26-39(65)20-21-56(38,10)60(40,61)43(66)28-55(41,46)9)30-31(2)27-57(11,72)51(79-54-47(67)42(62-14)25-33(4)75-54)34(5)48(35(6)53(71)77-44)78-45-29-58(12,74-15)50(69)37(8)76-45/h20-21,26,31-37,40-51,54,62,66-69,72-73H,16-19,22-25,27-30H2,1-15H3,(H,63,70)/t31-,32-,33-,34-,35-,36-,37+,40?,41?,42+,43+,44-,45?,46-,47-,48+,49-,50+,51-,54?,55+,56+,57-,58-,59-,60+/m1/s1. The molecule has 8 N–H and O–H groups in total. The summed E-state index contributed by atoms with van der Waals surface area (Å²) in [6.07, 6.45) is -4.15. The third kappa shape index (κ3) is 12.0. The predicted octanol–water partition coefficient (Wildman–Crippen LogP) is 4.67. The molecule has 0 spiro atoms. The molecular weight excluding hydrogens is 1020 g/mol. The average molecular weight is 1120 g/mol. The number of esters is 1. The van der Waals surface area contributed by atoms with Crippen LogP contribution in [-0.2, 0) is 42.8 Å². The lowest BCUT2D eigenvalue weighted by Crippen LogP contribution is -2.67. The second kappa shape index (κ2) is 24.2. The van der Waals surface area contributed by atoms with Crippen LogP contribution < -0.4 is 10.6 Å². The molecule has 7 rings (SSSR count). The van der Waals surface area contributed by atoms with Crippen molar-refractivity contribution in [2.75, 3.05) is 33.8 Å². The van der Waals surface area contributed by atoms with Crippen LogP contribution in [0.4, 0.5) is 4.39 Å². The minimum absolute atomic E-state index is 0.0773. The Bertz CT molecular complexity index is 2220. The first-order valence-corrected chi connectivity index (χ1v) is 29.6. The van der Waals surface area contributed by atoms with Gasteiger partial charge in [0.1, 0.15) is 30.0 Å². The molecule has 6 fully saturated rings. The number of fused-ring (bicyclic) bond motifs is 5. The number of ketones is 1. The summed E-state index contributed by atoms with van der Waals surface area (Å²) in [5.74, 6) is -4.64. The van der Waals surface area contributed by atoms with Crippen LogP contribution in [0.1, 0.15) is 148 Å². The number of amides is 1. The molecule has 4 unspecified atom stereocenters. The van der Waals surface area contributed by atoms with Crippen molar-refractivity contribution < 1.29 is 77.8 Å². The maximum atomic E-state index is 17.9. The lowest BCUT2D eigenvalue weighted by molar-refractivity contribution is -0.316. The minimum atomic E-state index is -2.00. The Morgan fingerprint density at radius 2 is 1.59 bits per heavy atom. The van der Waals surface area contributed by atoms with Crippen LogP contribution in [-0.4, -0.2) is 189 Å². The van der Waals surface area contributed by atoms with E-state index < -0.39 is 136 Å². The Labute approximate surface area is 469 Å². The van der Waals surface area contributed by atoms with E-state index >= 15 is 4.39 Å². The van der Waals surface area contributed by atoms with Gasteiger partial charge in [0.05, 0.1) is 47.6 Å². The first-order valence-electron chi connectivity index (χ1n) is 29.6. The normalized spacial score (nSPS) is 50.3. The van der Waals surface area contributed by atoms with Gasteiger partial charge in [-0.05, 0) is 149 Å². The zero-order valence-corrected chi connectivity index (χ0v) is 49.9. The number of hydrogen-bond acceptors (Lipinski definition) is 17. The molecule has 452 valence electrons. The molecule has 3 heterocycles. The fourth-order valence-corrected chi connectivity index (χ4v) is 16.4. The van der Waals surface area contributed by atoms with Gasteiger partial charge in [-0.3, -0.25) is 19.3 Å². The van der Waals surface area contributed by atoms with Crippen LogP contribution in [0, 0.1) is 52.3 Å². The molecule has 7 aliphatic rings. The van der Waals surface area contributed by atoms with E-state index in [0.717, 1.165) is 0 Å². The van der Waals surface area contributed by atoms with Gasteiger partial charge in [-0.15, -0.1) is 0 Å². The van der Waals surface area contributed by atoms with Gasteiger partial charge in [-0.25, -0.2) is 4.39 Å². The quantitative estimate of drug-likeness (QED) is 0.0977. The van der Waals surface area contributed by atoms with Crippen molar-refractivity contribution in [2.24, 2.45) is 52.3 Å². The predicted molar refractivity (Wildman–Crippen MR) is 293 cm³/mol. The van der Waals surface area contributed by atoms with Crippen molar-refractivity contribution in [3.8, 4) is 0 Å². The summed E-state index contributed by atoms with van der Waals surface area (Å²) in [5, 5.41) is 78.7. The third-order valence-electron chi connectivity index (χ3n) is 21.0. The van der Waals surface area contributed by atoms with Crippen LogP contribution in [0.25, 0.3) is 0 Å². The summed E-state index contributed by atoms with van der Waals surface area (Å²) in [5.41, 5.74) is -7.87. The molecule has 0 radical (unpaired) electrons. The summed E-state index contributed by atoms with van der Waals surface area (Å²) in [7, 11) is 3.24. The number of methoxy groups -OCH3 is 1. The van der Waals surface area contributed by atoms with Gasteiger partial charge in [0.25, 0.3) is 0 Å². The van der Waals surface area contributed by atoms with Crippen molar-refractivity contribution >= 4 is 17.7 Å². The molecule has 18 nitrogen and oxygen atoms in total. The number of alkyl halides is 1. The van der Waals surface area contributed by atoms with Gasteiger partial charge >= 0.3 is 5.97 Å². The van der Waals surface area contributed by atoms with Gasteiger partial charge in [0.15, 0.2) is 24.0 Å². The molecule has 0 aromatic heterocycles. The van der Waals surface area contributed by atoms with Gasteiger partial charge < -0.3 is 69.7 Å². The van der Waals surface area contributed by atoms with Crippen LogP contribution >= 0.6 is 0 Å². The highest BCUT2D eigenvalue weighted by Gasteiger charge is 2.72. The molecular formula is C60H100FN3O15. The zero-order chi connectivity index (χ0) is 58.7.